The van der Waals surface area contributed by atoms with Crippen LogP contribution in [0.2, 0.25) is 0 Å². The van der Waals surface area contributed by atoms with E-state index in [9.17, 15) is 4.79 Å². The van der Waals surface area contributed by atoms with E-state index in [0.29, 0.717) is 12.0 Å². The summed E-state index contributed by atoms with van der Waals surface area (Å²) in [6.45, 7) is 1.80. The molecule has 3 nitrogen and oxygen atoms in total. The molecular weight excluding hydrogens is 178 g/mol. The molecule has 0 bridgehead atoms. The summed E-state index contributed by atoms with van der Waals surface area (Å²) in [5.74, 6) is -0.445. The predicted molar refractivity (Wildman–Crippen MR) is 51.5 cm³/mol. The second kappa shape index (κ2) is 5.03. The molecular formula is C11H11NO2. The van der Waals surface area contributed by atoms with Crippen molar-refractivity contribution in [1.82, 2.24) is 0 Å². The largest absolute Gasteiger partial charge is 0.443 e. The van der Waals surface area contributed by atoms with Crippen molar-refractivity contribution in [2.24, 2.45) is 0 Å². The normalized spacial score (nSPS) is 11.4. The van der Waals surface area contributed by atoms with Crippen molar-refractivity contribution >= 4 is 5.97 Å². The molecule has 0 aliphatic carbocycles. The fourth-order valence-corrected chi connectivity index (χ4v) is 0.972. The number of benzene rings is 1. The first-order chi connectivity index (χ1) is 6.77. The second-order valence-electron chi connectivity index (χ2n) is 2.80. The lowest BCUT2D eigenvalue weighted by Crippen LogP contribution is -2.15. The van der Waals surface area contributed by atoms with Crippen LogP contribution in [0.15, 0.2) is 30.3 Å². The van der Waals surface area contributed by atoms with Crippen LogP contribution < -0.4 is 0 Å². The fourth-order valence-electron chi connectivity index (χ4n) is 0.972. The van der Waals surface area contributed by atoms with Gasteiger partial charge in [-0.25, -0.2) is 4.79 Å². The Kier molecular flexibility index (Phi) is 3.69. The highest BCUT2D eigenvalue weighted by atomic mass is 16.5. The Morgan fingerprint density at radius 1 is 1.50 bits per heavy atom. The molecule has 1 aromatic carbocycles. The molecule has 0 amide bonds. The van der Waals surface area contributed by atoms with Gasteiger partial charge in [0.25, 0.3) is 0 Å². The quantitative estimate of drug-likeness (QED) is 0.684. The van der Waals surface area contributed by atoms with Crippen LogP contribution in [-0.4, -0.2) is 12.1 Å². The van der Waals surface area contributed by atoms with E-state index in [1.54, 1.807) is 31.2 Å². The Balaban J connectivity index is 2.64. The molecule has 1 atom stereocenters. The van der Waals surface area contributed by atoms with Gasteiger partial charge in [0.05, 0.1) is 5.56 Å². The summed E-state index contributed by atoms with van der Waals surface area (Å²) in [6.07, 6.45) is -0.141. The summed E-state index contributed by atoms with van der Waals surface area (Å²) < 4.78 is 4.93. The zero-order chi connectivity index (χ0) is 10.4. The van der Waals surface area contributed by atoms with Crippen LogP contribution in [0.5, 0.6) is 0 Å². The molecule has 1 unspecified atom stereocenters. The van der Waals surface area contributed by atoms with Gasteiger partial charge in [-0.2, -0.15) is 5.26 Å². The molecule has 0 saturated carbocycles. The fraction of sp³-hybridized carbons (Fsp3) is 0.273. The Labute approximate surface area is 82.9 Å². The van der Waals surface area contributed by atoms with Gasteiger partial charge in [-0.3, -0.25) is 0 Å². The van der Waals surface area contributed by atoms with Gasteiger partial charge in [0.15, 0.2) is 6.10 Å². The molecule has 0 fully saturated rings. The number of carbonyl (C=O) groups excluding carboxylic acids is 1. The summed E-state index contributed by atoms with van der Waals surface area (Å²) >= 11 is 0. The van der Waals surface area contributed by atoms with Gasteiger partial charge >= 0.3 is 5.97 Å². The molecule has 1 rings (SSSR count). The van der Waals surface area contributed by atoms with Crippen LogP contribution >= 0.6 is 0 Å². The molecule has 14 heavy (non-hydrogen) atoms. The number of ether oxygens (including phenoxy) is 1. The lowest BCUT2D eigenvalue weighted by molar-refractivity contribution is 0.0401. The molecule has 72 valence electrons. The smallest absolute Gasteiger partial charge is 0.339 e. The Hall–Kier alpha value is -1.82. The average molecular weight is 189 g/mol. The van der Waals surface area contributed by atoms with Crippen molar-refractivity contribution in [3.8, 4) is 6.07 Å². The van der Waals surface area contributed by atoms with Crippen LogP contribution in [0.3, 0.4) is 0 Å². The molecule has 0 radical (unpaired) electrons. The molecule has 0 spiro atoms. The first kappa shape index (κ1) is 10.3. The van der Waals surface area contributed by atoms with Crippen molar-refractivity contribution in [3.05, 3.63) is 35.9 Å². The van der Waals surface area contributed by atoms with Crippen molar-refractivity contribution in [1.29, 1.82) is 5.26 Å². The Bertz CT molecular complexity index is 340. The highest BCUT2D eigenvalue weighted by molar-refractivity contribution is 5.89. The van der Waals surface area contributed by atoms with Crippen LogP contribution in [0.1, 0.15) is 23.7 Å². The lowest BCUT2D eigenvalue weighted by atomic mass is 10.2. The minimum absolute atomic E-state index is 0.445. The first-order valence-electron chi connectivity index (χ1n) is 4.43. The van der Waals surface area contributed by atoms with E-state index in [-0.39, 0.29) is 0 Å². The van der Waals surface area contributed by atoms with Gasteiger partial charge in [0.1, 0.15) is 6.07 Å². The van der Waals surface area contributed by atoms with Crippen LogP contribution in [0.4, 0.5) is 0 Å². The molecule has 3 heteroatoms. The SMILES string of the molecule is CCC(C#N)OC(=O)c1ccccc1. The van der Waals surface area contributed by atoms with Crippen molar-refractivity contribution in [2.45, 2.75) is 19.4 Å². The van der Waals surface area contributed by atoms with E-state index in [0.717, 1.165) is 0 Å². The van der Waals surface area contributed by atoms with E-state index in [4.69, 9.17) is 10.00 Å². The van der Waals surface area contributed by atoms with Gasteiger partial charge in [0, 0.05) is 0 Å². The summed E-state index contributed by atoms with van der Waals surface area (Å²) in [5.41, 5.74) is 0.473. The molecule has 0 N–H and O–H groups in total. The maximum absolute atomic E-state index is 11.4. The summed E-state index contributed by atoms with van der Waals surface area (Å²) in [4.78, 5) is 11.4. The number of nitriles is 1. The van der Waals surface area contributed by atoms with E-state index in [1.165, 1.54) is 0 Å². The van der Waals surface area contributed by atoms with Crippen molar-refractivity contribution < 1.29 is 9.53 Å². The zero-order valence-electron chi connectivity index (χ0n) is 7.93. The number of carbonyl (C=O) groups is 1. The third-order valence-corrected chi connectivity index (χ3v) is 1.77. The monoisotopic (exact) mass is 189 g/mol. The number of hydrogen-bond donors (Lipinski definition) is 0. The molecule has 0 aliphatic rings. The average Bonchev–Trinajstić information content (AvgIpc) is 2.26. The van der Waals surface area contributed by atoms with Gasteiger partial charge in [-0.15, -0.1) is 0 Å². The minimum Gasteiger partial charge on any atom is -0.443 e. The molecule has 0 heterocycles. The van der Waals surface area contributed by atoms with Crippen LogP contribution in [0.25, 0.3) is 0 Å². The summed E-state index contributed by atoms with van der Waals surface area (Å²) in [5, 5.41) is 8.59. The van der Waals surface area contributed by atoms with E-state index < -0.39 is 12.1 Å². The van der Waals surface area contributed by atoms with Crippen LogP contribution in [-0.2, 0) is 4.74 Å². The third kappa shape index (κ3) is 2.60. The summed E-state index contributed by atoms with van der Waals surface area (Å²) in [6, 6.07) is 10.6. The Morgan fingerprint density at radius 3 is 2.64 bits per heavy atom. The molecule has 0 aromatic heterocycles. The standard InChI is InChI=1S/C11H11NO2/c1-2-10(8-12)14-11(13)9-6-4-3-5-7-9/h3-7,10H,2H2,1H3. The van der Waals surface area contributed by atoms with Gasteiger partial charge in [0.2, 0.25) is 0 Å². The Morgan fingerprint density at radius 2 is 2.14 bits per heavy atom. The highest BCUT2D eigenvalue weighted by Crippen LogP contribution is 2.05. The zero-order valence-corrected chi connectivity index (χ0v) is 7.93. The van der Waals surface area contributed by atoms with Gasteiger partial charge in [-0.05, 0) is 18.6 Å². The van der Waals surface area contributed by atoms with Crippen molar-refractivity contribution in [2.75, 3.05) is 0 Å². The van der Waals surface area contributed by atoms with Crippen LogP contribution in [0, 0.1) is 11.3 Å². The maximum Gasteiger partial charge on any atom is 0.339 e. The van der Waals surface area contributed by atoms with Gasteiger partial charge in [-0.1, -0.05) is 25.1 Å². The number of nitrogens with zero attached hydrogens (tertiary/aromatic N) is 1. The second-order valence-corrected chi connectivity index (χ2v) is 2.80. The maximum atomic E-state index is 11.4. The predicted octanol–water partition coefficient (Wildman–Crippen LogP) is 2.15. The number of hydrogen-bond acceptors (Lipinski definition) is 3. The molecule has 0 saturated heterocycles. The number of esters is 1. The molecule has 0 aliphatic heterocycles. The third-order valence-electron chi connectivity index (χ3n) is 1.77. The van der Waals surface area contributed by atoms with Crippen molar-refractivity contribution in [3.63, 3.8) is 0 Å². The highest BCUT2D eigenvalue weighted by Gasteiger charge is 2.12. The first-order valence-corrected chi connectivity index (χ1v) is 4.43. The van der Waals surface area contributed by atoms with E-state index in [2.05, 4.69) is 0 Å². The van der Waals surface area contributed by atoms with E-state index >= 15 is 0 Å². The van der Waals surface area contributed by atoms with E-state index in [1.807, 2.05) is 12.1 Å². The van der Waals surface area contributed by atoms with Gasteiger partial charge < -0.3 is 4.74 Å². The summed E-state index contributed by atoms with van der Waals surface area (Å²) in [7, 11) is 0. The lowest BCUT2D eigenvalue weighted by Gasteiger charge is -2.07. The topological polar surface area (TPSA) is 50.1 Å². The molecule has 1 aromatic rings. The number of rotatable bonds is 3. The minimum atomic E-state index is -0.650.